The lowest BCUT2D eigenvalue weighted by Crippen LogP contribution is -2.40. The first kappa shape index (κ1) is 15.3. The van der Waals surface area contributed by atoms with E-state index in [1.807, 2.05) is 13.8 Å². The van der Waals surface area contributed by atoms with E-state index in [0.717, 1.165) is 12.8 Å². The average Bonchev–Trinajstić information content (AvgIpc) is 2.33. The lowest BCUT2D eigenvalue weighted by Gasteiger charge is -2.36. The average molecular weight is 300 g/mol. The Balaban J connectivity index is 2.18. The van der Waals surface area contributed by atoms with Crippen molar-refractivity contribution in [1.82, 2.24) is 9.78 Å². The summed E-state index contributed by atoms with van der Waals surface area (Å²) in [5.41, 5.74) is 0.206. The molecule has 1 aliphatic rings. The van der Waals surface area contributed by atoms with E-state index in [1.54, 1.807) is 6.20 Å². The molecule has 0 aliphatic carbocycles. The summed E-state index contributed by atoms with van der Waals surface area (Å²) < 4.78 is 7.07. The number of anilines is 1. The number of rotatable bonds is 3. The van der Waals surface area contributed by atoms with Crippen LogP contribution in [0.2, 0.25) is 5.02 Å². The molecule has 1 aromatic rings. The molecule has 1 unspecified atom stereocenters. The molecule has 6 heteroatoms. The van der Waals surface area contributed by atoms with Crippen LogP contribution in [0.1, 0.15) is 46.6 Å². The SMILES string of the molecule is CC(C)n1ncc(NC2CCOC(C)(C)C2)c(Cl)c1=O. The van der Waals surface area contributed by atoms with Gasteiger partial charge in [0, 0.05) is 12.6 Å². The molecule has 0 radical (unpaired) electrons. The highest BCUT2D eigenvalue weighted by Gasteiger charge is 2.29. The maximum Gasteiger partial charge on any atom is 0.287 e. The Morgan fingerprint density at radius 2 is 2.25 bits per heavy atom. The van der Waals surface area contributed by atoms with Gasteiger partial charge in [-0.25, -0.2) is 4.68 Å². The van der Waals surface area contributed by atoms with Crippen molar-refractivity contribution in [2.24, 2.45) is 0 Å². The van der Waals surface area contributed by atoms with Gasteiger partial charge in [-0.3, -0.25) is 4.79 Å². The molecule has 0 amide bonds. The van der Waals surface area contributed by atoms with Crippen molar-refractivity contribution in [3.8, 4) is 0 Å². The van der Waals surface area contributed by atoms with Gasteiger partial charge in [-0.2, -0.15) is 5.10 Å². The van der Waals surface area contributed by atoms with Crippen molar-refractivity contribution in [3.63, 3.8) is 0 Å². The maximum atomic E-state index is 12.1. The van der Waals surface area contributed by atoms with Crippen LogP contribution >= 0.6 is 11.6 Å². The van der Waals surface area contributed by atoms with E-state index in [9.17, 15) is 4.79 Å². The van der Waals surface area contributed by atoms with Gasteiger partial charge in [0.15, 0.2) is 0 Å². The number of ether oxygens (including phenoxy) is 1. The van der Waals surface area contributed by atoms with Crippen LogP contribution < -0.4 is 10.9 Å². The maximum absolute atomic E-state index is 12.1. The number of nitrogens with one attached hydrogen (secondary N) is 1. The number of halogens is 1. The molecule has 20 heavy (non-hydrogen) atoms. The monoisotopic (exact) mass is 299 g/mol. The first-order chi connectivity index (χ1) is 9.30. The summed E-state index contributed by atoms with van der Waals surface area (Å²) in [6.45, 7) is 8.64. The molecular formula is C14H22ClN3O2. The summed E-state index contributed by atoms with van der Waals surface area (Å²) in [6, 6.07) is 0.239. The molecule has 112 valence electrons. The standard InChI is InChI=1S/C14H22ClN3O2/c1-9(2)18-13(19)12(15)11(8-16-18)17-10-5-6-20-14(3,4)7-10/h8-10,17H,5-7H2,1-4H3. The fraction of sp³-hybridized carbons (Fsp3) is 0.714. The van der Waals surface area contributed by atoms with Crippen molar-refractivity contribution in [2.75, 3.05) is 11.9 Å². The number of hydrogen-bond donors (Lipinski definition) is 1. The van der Waals surface area contributed by atoms with Gasteiger partial charge in [-0.15, -0.1) is 0 Å². The predicted molar refractivity (Wildman–Crippen MR) is 80.6 cm³/mol. The van der Waals surface area contributed by atoms with Gasteiger partial charge in [-0.1, -0.05) is 11.6 Å². The number of hydrogen-bond acceptors (Lipinski definition) is 4. The predicted octanol–water partition coefficient (Wildman–Crippen LogP) is 2.85. The summed E-state index contributed by atoms with van der Waals surface area (Å²) in [5, 5.41) is 7.70. The Bertz CT molecular complexity index is 540. The highest BCUT2D eigenvalue weighted by Crippen LogP contribution is 2.27. The quantitative estimate of drug-likeness (QED) is 0.932. The van der Waals surface area contributed by atoms with Crippen molar-refractivity contribution >= 4 is 17.3 Å². The number of nitrogens with zero attached hydrogens (tertiary/aromatic N) is 2. The van der Waals surface area contributed by atoms with E-state index in [2.05, 4.69) is 24.3 Å². The van der Waals surface area contributed by atoms with E-state index in [1.165, 1.54) is 4.68 Å². The van der Waals surface area contributed by atoms with Crippen molar-refractivity contribution in [2.45, 2.75) is 58.2 Å². The topological polar surface area (TPSA) is 56.1 Å². The Hall–Kier alpha value is -1.07. The molecule has 2 rings (SSSR count). The largest absolute Gasteiger partial charge is 0.379 e. The van der Waals surface area contributed by atoms with Crippen LogP contribution in [0.5, 0.6) is 0 Å². The second kappa shape index (κ2) is 5.74. The van der Waals surface area contributed by atoms with Crippen LogP contribution in [0, 0.1) is 0 Å². The van der Waals surface area contributed by atoms with Gasteiger partial charge in [0.05, 0.1) is 23.5 Å². The van der Waals surface area contributed by atoms with Gasteiger partial charge in [-0.05, 0) is 40.5 Å². The van der Waals surface area contributed by atoms with Crippen LogP contribution in [0.3, 0.4) is 0 Å². The van der Waals surface area contributed by atoms with Crippen molar-refractivity contribution in [3.05, 3.63) is 21.6 Å². The van der Waals surface area contributed by atoms with Gasteiger partial charge >= 0.3 is 0 Å². The third-order valence-electron chi connectivity index (χ3n) is 3.49. The normalized spacial score (nSPS) is 22.0. The Labute approximate surface area is 124 Å². The lowest BCUT2D eigenvalue weighted by molar-refractivity contribution is -0.0553. The third kappa shape index (κ3) is 3.33. The van der Waals surface area contributed by atoms with E-state index >= 15 is 0 Å². The second-order valence-electron chi connectivity index (χ2n) is 6.16. The molecule has 1 saturated heterocycles. The lowest BCUT2D eigenvalue weighted by atomic mass is 9.94. The van der Waals surface area contributed by atoms with Crippen LogP contribution in [0.25, 0.3) is 0 Å². The molecule has 1 aromatic heterocycles. The minimum atomic E-state index is -0.252. The molecular weight excluding hydrogens is 278 g/mol. The molecule has 0 spiro atoms. The first-order valence-corrected chi connectivity index (χ1v) is 7.36. The van der Waals surface area contributed by atoms with Crippen molar-refractivity contribution in [1.29, 1.82) is 0 Å². The van der Waals surface area contributed by atoms with E-state index < -0.39 is 0 Å². The zero-order valence-corrected chi connectivity index (χ0v) is 13.2. The van der Waals surface area contributed by atoms with E-state index in [0.29, 0.717) is 12.3 Å². The van der Waals surface area contributed by atoms with Gasteiger partial charge in [0.25, 0.3) is 5.56 Å². The molecule has 1 atom stereocenters. The molecule has 1 fully saturated rings. The minimum absolute atomic E-state index is 0.00364. The Morgan fingerprint density at radius 3 is 2.85 bits per heavy atom. The van der Waals surface area contributed by atoms with Crippen LogP contribution in [-0.4, -0.2) is 28.0 Å². The summed E-state index contributed by atoms with van der Waals surface area (Å²) in [5.74, 6) is 0. The van der Waals surface area contributed by atoms with E-state index in [-0.39, 0.29) is 28.3 Å². The first-order valence-electron chi connectivity index (χ1n) is 6.98. The molecule has 1 aliphatic heterocycles. The summed E-state index contributed by atoms with van der Waals surface area (Å²) in [6.07, 6.45) is 3.40. The highest BCUT2D eigenvalue weighted by molar-refractivity contribution is 6.32. The fourth-order valence-electron chi connectivity index (χ4n) is 2.49. The summed E-state index contributed by atoms with van der Waals surface area (Å²) in [7, 11) is 0. The van der Waals surface area contributed by atoms with Gasteiger partial charge in [0.2, 0.25) is 0 Å². The van der Waals surface area contributed by atoms with Crippen LogP contribution in [0.15, 0.2) is 11.0 Å². The van der Waals surface area contributed by atoms with Crippen LogP contribution in [0.4, 0.5) is 5.69 Å². The smallest absolute Gasteiger partial charge is 0.287 e. The molecule has 0 aromatic carbocycles. The second-order valence-corrected chi connectivity index (χ2v) is 6.54. The van der Waals surface area contributed by atoms with E-state index in [4.69, 9.17) is 16.3 Å². The zero-order chi connectivity index (χ0) is 14.9. The molecule has 0 bridgehead atoms. The van der Waals surface area contributed by atoms with Crippen LogP contribution in [-0.2, 0) is 4.74 Å². The molecule has 1 N–H and O–H groups in total. The number of aromatic nitrogens is 2. The van der Waals surface area contributed by atoms with Crippen molar-refractivity contribution < 1.29 is 4.74 Å². The Kier molecular flexibility index (Phi) is 4.39. The van der Waals surface area contributed by atoms with Gasteiger partial charge < -0.3 is 10.1 Å². The summed E-state index contributed by atoms with van der Waals surface area (Å²) in [4.78, 5) is 12.1. The minimum Gasteiger partial charge on any atom is -0.379 e. The highest BCUT2D eigenvalue weighted by atomic mass is 35.5. The fourth-order valence-corrected chi connectivity index (χ4v) is 2.68. The molecule has 0 saturated carbocycles. The zero-order valence-electron chi connectivity index (χ0n) is 12.4. The Morgan fingerprint density at radius 1 is 1.55 bits per heavy atom. The van der Waals surface area contributed by atoms with Gasteiger partial charge in [0.1, 0.15) is 5.02 Å². The molecule has 2 heterocycles. The molecule has 5 nitrogen and oxygen atoms in total. The summed E-state index contributed by atoms with van der Waals surface area (Å²) >= 11 is 6.17. The third-order valence-corrected chi connectivity index (χ3v) is 3.85.